The minimum atomic E-state index is -0.518. The van der Waals surface area contributed by atoms with Crippen LogP contribution in [0.4, 0.5) is 10.7 Å². The number of rotatable bonds is 5. The molecule has 0 aromatic carbocycles. The molecule has 9 nitrogen and oxygen atoms in total. The molecule has 3 atom stereocenters. The first-order valence-electron chi connectivity index (χ1n) is 12.0. The predicted molar refractivity (Wildman–Crippen MR) is 115 cm³/mol. The van der Waals surface area contributed by atoms with E-state index in [0.29, 0.717) is 48.4 Å². The molecule has 2 heterocycles. The zero-order valence-corrected chi connectivity index (χ0v) is 18.2. The zero-order valence-electron chi connectivity index (χ0n) is 18.2. The Kier molecular flexibility index (Phi) is 4.78. The SMILES string of the molecule is O=C(NC1CC1)c1cnc(N[C@@H]2CCN(C(=O)O[C@H]3C4CC5CC3C[C@](O)(C5)C4)C2)nc1. The Morgan fingerprint density at radius 3 is 2.44 bits per heavy atom. The number of amides is 2. The molecule has 2 unspecified atom stereocenters. The van der Waals surface area contributed by atoms with E-state index in [1.54, 1.807) is 4.90 Å². The van der Waals surface area contributed by atoms with Crippen LogP contribution in [0.25, 0.3) is 0 Å². The molecule has 1 aromatic heterocycles. The molecule has 6 fully saturated rings. The summed E-state index contributed by atoms with van der Waals surface area (Å²) in [4.78, 5) is 35.2. The molecule has 7 rings (SSSR count). The van der Waals surface area contributed by atoms with E-state index in [1.165, 1.54) is 12.4 Å². The van der Waals surface area contributed by atoms with Crippen LogP contribution in [0, 0.1) is 17.8 Å². The van der Waals surface area contributed by atoms with Crippen LogP contribution in [0.3, 0.4) is 0 Å². The number of carbonyl (C=O) groups is 2. The largest absolute Gasteiger partial charge is 0.446 e. The Hall–Kier alpha value is -2.42. The minimum absolute atomic E-state index is 0.0490. The molecule has 2 amide bonds. The summed E-state index contributed by atoms with van der Waals surface area (Å²) in [6.07, 6.45) is 10.3. The van der Waals surface area contributed by atoms with Gasteiger partial charge in [0.1, 0.15) is 6.10 Å². The first-order valence-corrected chi connectivity index (χ1v) is 12.0. The van der Waals surface area contributed by atoms with Gasteiger partial charge in [0.05, 0.1) is 11.2 Å². The predicted octanol–water partition coefficient (Wildman–Crippen LogP) is 1.93. The lowest BCUT2D eigenvalue weighted by molar-refractivity contribution is -0.177. The van der Waals surface area contributed by atoms with Gasteiger partial charge in [-0.2, -0.15) is 0 Å². The van der Waals surface area contributed by atoms with E-state index in [-0.39, 0.29) is 24.1 Å². The van der Waals surface area contributed by atoms with Crippen molar-refractivity contribution in [2.24, 2.45) is 17.8 Å². The molecule has 3 N–H and O–H groups in total. The van der Waals surface area contributed by atoms with Crippen LogP contribution < -0.4 is 10.6 Å². The van der Waals surface area contributed by atoms with Crippen molar-refractivity contribution in [2.75, 3.05) is 18.4 Å². The van der Waals surface area contributed by atoms with E-state index in [2.05, 4.69) is 20.6 Å². The highest BCUT2D eigenvalue weighted by Crippen LogP contribution is 2.56. The third-order valence-electron chi connectivity index (χ3n) is 8.00. The van der Waals surface area contributed by atoms with Gasteiger partial charge in [0.15, 0.2) is 0 Å². The number of anilines is 1. The average molecular weight is 442 g/mol. The summed E-state index contributed by atoms with van der Waals surface area (Å²) < 4.78 is 6.01. The van der Waals surface area contributed by atoms with Gasteiger partial charge in [0.25, 0.3) is 5.91 Å². The van der Waals surface area contributed by atoms with Crippen LogP contribution in [-0.4, -0.2) is 68.9 Å². The lowest BCUT2D eigenvalue weighted by Gasteiger charge is -2.57. The molecule has 172 valence electrons. The van der Waals surface area contributed by atoms with Crippen LogP contribution in [0.2, 0.25) is 0 Å². The molecular formula is C23H31N5O4. The first-order chi connectivity index (χ1) is 15.4. The Morgan fingerprint density at radius 2 is 1.78 bits per heavy atom. The number of aliphatic hydroxyl groups is 1. The van der Waals surface area contributed by atoms with Gasteiger partial charge >= 0.3 is 6.09 Å². The molecule has 1 aromatic rings. The molecule has 1 aliphatic heterocycles. The number of ether oxygens (including phenoxy) is 1. The van der Waals surface area contributed by atoms with Crippen LogP contribution in [0.15, 0.2) is 12.4 Å². The van der Waals surface area contributed by atoms with Gasteiger partial charge in [-0.15, -0.1) is 0 Å². The van der Waals surface area contributed by atoms with E-state index in [0.717, 1.165) is 51.4 Å². The molecule has 0 radical (unpaired) electrons. The molecule has 32 heavy (non-hydrogen) atoms. The summed E-state index contributed by atoms with van der Waals surface area (Å²) in [5.74, 6) is 1.53. The Labute approximate surface area is 187 Å². The van der Waals surface area contributed by atoms with Gasteiger partial charge in [-0.05, 0) is 69.1 Å². The van der Waals surface area contributed by atoms with Crippen molar-refractivity contribution in [1.82, 2.24) is 20.2 Å². The van der Waals surface area contributed by atoms with Crippen molar-refractivity contribution >= 4 is 17.9 Å². The number of hydrogen-bond donors (Lipinski definition) is 3. The molecule has 0 spiro atoms. The highest BCUT2D eigenvalue weighted by Gasteiger charge is 2.56. The van der Waals surface area contributed by atoms with Crippen LogP contribution in [-0.2, 0) is 4.74 Å². The normalized spacial score (nSPS) is 37.4. The maximum Gasteiger partial charge on any atom is 0.410 e. The van der Waals surface area contributed by atoms with Crippen LogP contribution >= 0.6 is 0 Å². The third kappa shape index (κ3) is 3.91. The molecule has 1 saturated heterocycles. The summed E-state index contributed by atoms with van der Waals surface area (Å²) in [6, 6.07) is 0.348. The Balaban J connectivity index is 1.01. The van der Waals surface area contributed by atoms with Crippen molar-refractivity contribution in [2.45, 2.75) is 75.2 Å². The fourth-order valence-corrected chi connectivity index (χ4v) is 6.56. The van der Waals surface area contributed by atoms with E-state index < -0.39 is 5.60 Å². The number of aromatic nitrogens is 2. The van der Waals surface area contributed by atoms with E-state index in [9.17, 15) is 14.7 Å². The monoisotopic (exact) mass is 441 g/mol. The minimum Gasteiger partial charge on any atom is -0.446 e. The van der Waals surface area contributed by atoms with Gasteiger partial charge in [-0.3, -0.25) is 4.79 Å². The van der Waals surface area contributed by atoms with Crippen molar-refractivity contribution in [3.8, 4) is 0 Å². The second-order valence-corrected chi connectivity index (χ2v) is 10.7. The highest BCUT2D eigenvalue weighted by atomic mass is 16.6. The number of hydrogen-bond acceptors (Lipinski definition) is 7. The van der Waals surface area contributed by atoms with Crippen molar-refractivity contribution < 1.29 is 19.4 Å². The molecule has 9 heteroatoms. The summed E-state index contributed by atoms with van der Waals surface area (Å²) in [6.45, 7) is 1.17. The number of nitrogens with one attached hydrogen (secondary N) is 2. The van der Waals surface area contributed by atoms with Gasteiger partial charge in [-0.1, -0.05) is 0 Å². The van der Waals surface area contributed by atoms with Gasteiger partial charge < -0.3 is 25.4 Å². The number of likely N-dealkylation sites (tertiary alicyclic amines) is 1. The standard InChI is InChI=1S/C23H31N5O4/c29-20(26-17-1-2-17)16-10-24-21(25-11-16)27-18-3-4-28(12-18)22(30)32-19-14-5-13-6-15(19)9-23(31,7-13)8-14/h10-11,13-15,17-19,31H,1-9,12H2,(H,26,29)(H,24,25,27)/t13?,14?,15?,18-,19-,23-/m1/s1. The van der Waals surface area contributed by atoms with Gasteiger partial charge in [-0.25, -0.2) is 14.8 Å². The van der Waals surface area contributed by atoms with E-state index in [4.69, 9.17) is 4.74 Å². The lowest BCUT2D eigenvalue weighted by atomic mass is 9.53. The summed E-state index contributed by atoms with van der Waals surface area (Å²) >= 11 is 0. The fraction of sp³-hybridized carbons (Fsp3) is 0.739. The van der Waals surface area contributed by atoms with Crippen LogP contribution in [0.5, 0.6) is 0 Å². The van der Waals surface area contributed by atoms with Crippen molar-refractivity contribution in [1.29, 1.82) is 0 Å². The topological polar surface area (TPSA) is 117 Å². The number of carbonyl (C=O) groups excluding carboxylic acids is 2. The average Bonchev–Trinajstić information content (AvgIpc) is 3.44. The molecule has 5 saturated carbocycles. The first kappa shape index (κ1) is 20.2. The number of nitrogens with zero attached hydrogens (tertiary/aromatic N) is 3. The maximum atomic E-state index is 12.9. The Morgan fingerprint density at radius 1 is 1.06 bits per heavy atom. The summed E-state index contributed by atoms with van der Waals surface area (Å²) in [5.41, 5.74) is -0.0599. The van der Waals surface area contributed by atoms with Gasteiger partial charge in [0, 0.05) is 37.6 Å². The zero-order chi connectivity index (χ0) is 21.9. The highest BCUT2D eigenvalue weighted by molar-refractivity contribution is 5.94. The van der Waals surface area contributed by atoms with Gasteiger partial charge in [0.2, 0.25) is 5.95 Å². The smallest absolute Gasteiger partial charge is 0.410 e. The molecule has 5 aliphatic carbocycles. The quantitative estimate of drug-likeness (QED) is 0.639. The van der Waals surface area contributed by atoms with E-state index >= 15 is 0 Å². The molecule has 6 aliphatic rings. The second-order valence-electron chi connectivity index (χ2n) is 10.7. The lowest BCUT2D eigenvalue weighted by Crippen LogP contribution is -2.58. The molecular weight excluding hydrogens is 410 g/mol. The second kappa shape index (κ2) is 7.57. The Bertz CT molecular complexity index is 888. The van der Waals surface area contributed by atoms with Crippen molar-refractivity contribution in [3.05, 3.63) is 18.0 Å². The van der Waals surface area contributed by atoms with E-state index in [1.807, 2.05) is 0 Å². The van der Waals surface area contributed by atoms with Crippen LogP contribution in [0.1, 0.15) is 61.7 Å². The summed E-state index contributed by atoms with van der Waals surface area (Å²) in [5, 5.41) is 16.9. The van der Waals surface area contributed by atoms with Crippen molar-refractivity contribution in [3.63, 3.8) is 0 Å². The third-order valence-corrected chi connectivity index (χ3v) is 8.00. The summed E-state index contributed by atoms with van der Waals surface area (Å²) in [7, 11) is 0. The fourth-order valence-electron chi connectivity index (χ4n) is 6.56. The maximum absolute atomic E-state index is 12.9. The molecule has 4 bridgehead atoms.